The van der Waals surface area contributed by atoms with Crippen molar-refractivity contribution in [3.8, 4) is 0 Å². The van der Waals surface area contributed by atoms with E-state index in [4.69, 9.17) is 26.1 Å². The first-order valence-corrected chi connectivity index (χ1v) is 15.2. The molecule has 1 saturated heterocycles. The highest BCUT2D eigenvalue weighted by Gasteiger charge is 2.45. The minimum absolute atomic E-state index is 0.109. The van der Waals surface area contributed by atoms with Gasteiger partial charge in [-0.25, -0.2) is 4.98 Å². The number of halogens is 1. The van der Waals surface area contributed by atoms with E-state index in [1.807, 2.05) is 30.5 Å². The normalized spacial score (nSPS) is 24.1. The second kappa shape index (κ2) is 9.73. The highest BCUT2D eigenvalue weighted by Crippen LogP contribution is 2.55. The summed E-state index contributed by atoms with van der Waals surface area (Å²) in [6, 6.07) is 7.56. The van der Waals surface area contributed by atoms with E-state index in [0.717, 1.165) is 10.9 Å². The maximum Gasteiger partial charge on any atom is 0.335 e. The number of aromatic nitrogens is 5. The Bertz CT molecular complexity index is 1560. The number of fused-ring (bicyclic) bond motifs is 2. The minimum Gasteiger partial charge on any atom is -0.388 e. The van der Waals surface area contributed by atoms with Crippen LogP contribution in [-0.2, 0) is 13.9 Å². The molecule has 37 heavy (non-hydrogen) atoms. The minimum atomic E-state index is -4.71. The molecule has 198 valence electrons. The average molecular weight is 573 g/mol. The molecule has 0 saturated carbocycles. The molecule has 0 spiro atoms. The van der Waals surface area contributed by atoms with Crippen molar-refractivity contribution < 1.29 is 38.8 Å². The molecule has 0 radical (unpaired) electrons. The third-order valence-electron chi connectivity index (χ3n) is 5.99. The quantitative estimate of drug-likeness (QED) is 0.119. The summed E-state index contributed by atoms with van der Waals surface area (Å²) in [6.07, 6.45) is -2.73. The first-order valence-electron chi connectivity index (χ1n) is 11.0. The molecule has 5 unspecified atom stereocenters. The molecule has 0 amide bonds. The topological polar surface area (TPSA) is 216 Å². The molecule has 1 aromatic carbocycles. The summed E-state index contributed by atoms with van der Waals surface area (Å²) >= 11 is 6.17. The number of aliphatic hydroxyl groups is 2. The molecule has 5 atom stereocenters. The Balaban J connectivity index is 1.38. The van der Waals surface area contributed by atoms with Crippen LogP contribution < -0.4 is 5.32 Å². The number of ether oxygens (including phenoxy) is 1. The summed E-state index contributed by atoms with van der Waals surface area (Å²) < 4.78 is 30.4. The fourth-order valence-corrected chi connectivity index (χ4v) is 8.01. The fraction of sp³-hybridized carbons (Fsp3) is 0.350. The lowest BCUT2D eigenvalue weighted by Crippen LogP contribution is -2.32. The van der Waals surface area contributed by atoms with Gasteiger partial charge in [-0.05, 0) is 42.3 Å². The van der Waals surface area contributed by atoms with Gasteiger partial charge in [-0.1, -0.05) is 0 Å². The van der Waals surface area contributed by atoms with Crippen molar-refractivity contribution in [2.24, 2.45) is 0 Å². The van der Waals surface area contributed by atoms with E-state index in [0.29, 0.717) is 17.0 Å². The number of imidazole rings is 1. The highest BCUT2D eigenvalue weighted by atomic mass is 35.5. The standard InChI is InChI=1S/C20H23ClN6O8P2/c21-20-25-17(24-11-1-2-12-10(7-11)3-5-22-12)14-18(26-20)27(8-23-14)19-16(29)15(28)13(35-19)4-6-36(30,31)9-37(32,33)34/h1-3,5,7-8,13,15-16,19,22,28-29H,4,6,9H2,(H,30,31)(H,24,25,26)(H2,32,33,34). The molecule has 0 bridgehead atoms. The number of nitrogens with zero attached hydrogens (tertiary/aromatic N) is 4. The predicted octanol–water partition coefficient (Wildman–Crippen LogP) is 2.12. The monoisotopic (exact) mass is 572 g/mol. The van der Waals surface area contributed by atoms with Gasteiger partial charge in [-0.3, -0.25) is 13.7 Å². The SMILES string of the molecule is O=P(O)(O)CP(=O)(O)CCC1OC(n2cnc3c(Nc4ccc5[nH]ccc5c4)nc(Cl)nc32)C(O)C1O. The Morgan fingerprint density at radius 1 is 1.14 bits per heavy atom. The van der Waals surface area contributed by atoms with Gasteiger partial charge in [0.05, 0.1) is 12.4 Å². The maximum atomic E-state index is 12.1. The van der Waals surface area contributed by atoms with Gasteiger partial charge in [0.2, 0.25) is 12.7 Å². The van der Waals surface area contributed by atoms with Gasteiger partial charge in [-0.15, -0.1) is 0 Å². The van der Waals surface area contributed by atoms with E-state index in [1.54, 1.807) is 0 Å². The molecular weight excluding hydrogens is 550 g/mol. The molecule has 0 aliphatic carbocycles. The number of benzene rings is 1. The molecule has 3 aromatic heterocycles. The fourth-order valence-electron chi connectivity index (χ4n) is 4.32. The van der Waals surface area contributed by atoms with Gasteiger partial charge in [0.1, 0.15) is 18.1 Å². The van der Waals surface area contributed by atoms with E-state index < -0.39 is 51.6 Å². The van der Waals surface area contributed by atoms with Crippen molar-refractivity contribution in [1.29, 1.82) is 0 Å². The molecule has 1 fully saturated rings. The van der Waals surface area contributed by atoms with Crippen LogP contribution >= 0.6 is 26.6 Å². The van der Waals surface area contributed by atoms with E-state index >= 15 is 0 Å². The first-order chi connectivity index (χ1) is 17.4. The van der Waals surface area contributed by atoms with Crippen LogP contribution in [0.15, 0.2) is 36.8 Å². The average Bonchev–Trinajstić information content (AvgIpc) is 3.49. The summed E-state index contributed by atoms with van der Waals surface area (Å²) in [6.45, 7) is 0. The lowest BCUT2D eigenvalue weighted by molar-refractivity contribution is -0.0354. The largest absolute Gasteiger partial charge is 0.388 e. The Morgan fingerprint density at radius 2 is 1.92 bits per heavy atom. The zero-order chi connectivity index (χ0) is 26.5. The van der Waals surface area contributed by atoms with Crippen molar-refractivity contribution >= 4 is 60.1 Å². The van der Waals surface area contributed by atoms with Crippen molar-refractivity contribution in [3.63, 3.8) is 0 Å². The van der Waals surface area contributed by atoms with Crippen LogP contribution in [0.3, 0.4) is 0 Å². The van der Waals surface area contributed by atoms with Crippen molar-refractivity contribution in [3.05, 3.63) is 42.1 Å². The smallest absolute Gasteiger partial charge is 0.335 e. The highest BCUT2D eigenvalue weighted by molar-refractivity contribution is 7.72. The van der Waals surface area contributed by atoms with E-state index in [9.17, 15) is 24.2 Å². The van der Waals surface area contributed by atoms with Gasteiger partial charge in [0.15, 0.2) is 23.2 Å². The Kier molecular flexibility index (Phi) is 6.90. The van der Waals surface area contributed by atoms with Crippen molar-refractivity contribution in [2.45, 2.75) is 31.0 Å². The number of nitrogens with one attached hydrogen (secondary N) is 2. The second-order valence-corrected chi connectivity index (χ2v) is 13.7. The summed E-state index contributed by atoms with van der Waals surface area (Å²) in [4.78, 5) is 43.8. The lowest BCUT2D eigenvalue weighted by atomic mass is 10.1. The van der Waals surface area contributed by atoms with E-state index in [2.05, 4.69) is 25.3 Å². The third kappa shape index (κ3) is 5.58. The molecule has 1 aliphatic heterocycles. The zero-order valence-electron chi connectivity index (χ0n) is 18.9. The number of aliphatic hydroxyl groups excluding tert-OH is 2. The number of rotatable bonds is 8. The van der Waals surface area contributed by atoms with Crippen molar-refractivity contribution in [2.75, 3.05) is 17.4 Å². The molecule has 17 heteroatoms. The first kappa shape index (κ1) is 26.2. The Labute approximate surface area is 213 Å². The molecule has 7 N–H and O–H groups in total. The summed E-state index contributed by atoms with van der Waals surface area (Å²) in [5, 5.41) is 25.2. The second-order valence-electron chi connectivity index (χ2n) is 8.78. The number of hydrogen-bond donors (Lipinski definition) is 7. The zero-order valence-corrected chi connectivity index (χ0v) is 21.5. The van der Waals surface area contributed by atoms with Gasteiger partial charge in [-0.2, -0.15) is 9.97 Å². The van der Waals surface area contributed by atoms with Gasteiger partial charge in [0.25, 0.3) is 0 Å². The summed E-state index contributed by atoms with van der Waals surface area (Å²) in [5.74, 6) is -0.879. The molecule has 5 rings (SSSR count). The van der Waals surface area contributed by atoms with Gasteiger partial charge >= 0.3 is 7.60 Å². The lowest BCUT2D eigenvalue weighted by Gasteiger charge is -2.18. The van der Waals surface area contributed by atoms with Crippen LogP contribution in [0.4, 0.5) is 11.5 Å². The maximum absolute atomic E-state index is 12.1. The van der Waals surface area contributed by atoms with Crippen LogP contribution in [-0.4, -0.2) is 79.8 Å². The number of anilines is 2. The molecule has 1 aliphatic rings. The number of aromatic amines is 1. The van der Waals surface area contributed by atoms with Gasteiger partial charge in [0, 0.05) is 28.9 Å². The van der Waals surface area contributed by atoms with Crippen LogP contribution in [0, 0.1) is 0 Å². The van der Waals surface area contributed by atoms with Crippen LogP contribution in [0.5, 0.6) is 0 Å². The number of H-pyrrole nitrogens is 1. The van der Waals surface area contributed by atoms with Crippen LogP contribution in [0.1, 0.15) is 12.6 Å². The number of hydrogen-bond acceptors (Lipinski definition) is 9. The summed E-state index contributed by atoms with van der Waals surface area (Å²) in [7, 11) is -8.90. The van der Waals surface area contributed by atoms with E-state index in [1.165, 1.54) is 10.9 Å². The van der Waals surface area contributed by atoms with E-state index in [-0.39, 0.29) is 17.4 Å². The Hall–Kier alpha value is -2.38. The van der Waals surface area contributed by atoms with Crippen molar-refractivity contribution in [1.82, 2.24) is 24.5 Å². The molecule has 4 aromatic rings. The van der Waals surface area contributed by atoms with Crippen LogP contribution in [0.25, 0.3) is 22.1 Å². The molecular formula is C20H23ClN6O8P2. The third-order valence-corrected chi connectivity index (χ3v) is 10.4. The summed E-state index contributed by atoms with van der Waals surface area (Å²) in [5.41, 5.74) is 2.19. The van der Waals surface area contributed by atoms with Crippen LogP contribution in [0.2, 0.25) is 5.28 Å². The predicted molar refractivity (Wildman–Crippen MR) is 134 cm³/mol. The Morgan fingerprint density at radius 3 is 2.68 bits per heavy atom. The van der Waals surface area contributed by atoms with Gasteiger partial charge < -0.3 is 39.9 Å². The molecule has 14 nitrogen and oxygen atoms in total. The molecule has 4 heterocycles.